The van der Waals surface area contributed by atoms with E-state index >= 15 is 0 Å². The Morgan fingerprint density at radius 1 is 1.19 bits per heavy atom. The van der Waals surface area contributed by atoms with Gasteiger partial charge in [-0.25, -0.2) is 13.4 Å². The molecule has 0 bridgehead atoms. The summed E-state index contributed by atoms with van der Waals surface area (Å²) in [5, 5.41) is 3.30. The Bertz CT molecular complexity index is 1260. The number of anilines is 1. The molecule has 1 aromatic heterocycles. The first-order chi connectivity index (χ1) is 14.9. The zero-order valence-electron chi connectivity index (χ0n) is 16.9. The lowest BCUT2D eigenvalue weighted by Gasteiger charge is -2.02. The summed E-state index contributed by atoms with van der Waals surface area (Å²) in [4.78, 5) is 22.3. The number of benzene rings is 2. The van der Waals surface area contributed by atoms with E-state index in [4.69, 9.17) is 4.74 Å². The minimum atomic E-state index is -3.58. The highest BCUT2D eigenvalue weighted by Crippen LogP contribution is 2.31. The number of rotatable bonds is 6. The molecule has 4 rings (SSSR count). The number of aryl methyl sites for hydroxylation is 1. The molecular formula is C21H20N4O4S2. The van der Waals surface area contributed by atoms with Gasteiger partial charge in [-0.2, -0.15) is 0 Å². The van der Waals surface area contributed by atoms with Crippen molar-refractivity contribution in [2.45, 2.75) is 18.2 Å². The molecule has 160 valence electrons. The Morgan fingerprint density at radius 3 is 2.68 bits per heavy atom. The van der Waals surface area contributed by atoms with E-state index in [1.165, 1.54) is 17.4 Å². The number of thiazole rings is 1. The number of amides is 1. The maximum absolute atomic E-state index is 12.3. The minimum absolute atomic E-state index is 0.101. The molecule has 10 heteroatoms. The van der Waals surface area contributed by atoms with Gasteiger partial charge in [-0.15, -0.1) is 11.3 Å². The minimum Gasteiger partial charge on any atom is -0.497 e. The number of hydrogen-bond acceptors (Lipinski definition) is 7. The second-order valence-corrected chi connectivity index (χ2v) is 9.64. The highest BCUT2D eigenvalue weighted by Gasteiger charge is 2.29. The molecule has 0 unspecified atom stereocenters. The SMILES string of the molecule is COc1ccc(-c2nc(NC(=O)CCN=C3NS(=O)(=O)c4ccccc43)sc2C)cc1. The van der Waals surface area contributed by atoms with Crippen molar-refractivity contribution in [1.29, 1.82) is 0 Å². The molecule has 1 amide bonds. The van der Waals surface area contributed by atoms with Crippen LogP contribution in [0.3, 0.4) is 0 Å². The number of hydrogen-bond donors (Lipinski definition) is 2. The van der Waals surface area contributed by atoms with Crippen LogP contribution in [0.25, 0.3) is 11.3 Å². The molecule has 2 heterocycles. The average Bonchev–Trinajstić information content (AvgIpc) is 3.24. The number of carbonyl (C=O) groups is 1. The standard InChI is InChI=1S/C21H20N4O4S2/c1-13-19(14-7-9-15(29-2)10-8-14)24-21(30-13)23-18(26)11-12-22-20-16-5-3-4-6-17(16)31(27,28)25-20/h3-10H,11-12H2,1-2H3,(H,22,25)(H,23,24,26). The van der Waals surface area contributed by atoms with Crippen LogP contribution in [0.1, 0.15) is 16.9 Å². The third kappa shape index (κ3) is 4.44. The lowest BCUT2D eigenvalue weighted by molar-refractivity contribution is -0.116. The molecule has 31 heavy (non-hydrogen) atoms. The molecule has 0 saturated carbocycles. The Morgan fingerprint density at radius 2 is 1.94 bits per heavy atom. The number of amidine groups is 1. The first kappa shape index (κ1) is 21.0. The summed E-state index contributed by atoms with van der Waals surface area (Å²) in [6, 6.07) is 14.2. The molecule has 3 aromatic rings. The van der Waals surface area contributed by atoms with Crippen LogP contribution < -0.4 is 14.8 Å². The fourth-order valence-electron chi connectivity index (χ4n) is 3.17. The van der Waals surface area contributed by atoms with Crippen LogP contribution in [-0.2, 0) is 14.8 Å². The number of aromatic nitrogens is 1. The first-order valence-electron chi connectivity index (χ1n) is 9.46. The molecule has 1 aliphatic rings. The van der Waals surface area contributed by atoms with Crippen molar-refractivity contribution in [2.24, 2.45) is 4.99 Å². The molecule has 0 spiro atoms. The van der Waals surface area contributed by atoms with Gasteiger partial charge in [-0.05, 0) is 43.3 Å². The van der Waals surface area contributed by atoms with E-state index in [0.717, 1.165) is 21.9 Å². The van der Waals surface area contributed by atoms with E-state index in [0.29, 0.717) is 10.7 Å². The van der Waals surface area contributed by atoms with Gasteiger partial charge in [0.05, 0.1) is 24.2 Å². The van der Waals surface area contributed by atoms with E-state index in [-0.39, 0.29) is 29.6 Å². The van der Waals surface area contributed by atoms with Crippen molar-refractivity contribution in [3.63, 3.8) is 0 Å². The Kier molecular flexibility index (Phi) is 5.75. The summed E-state index contributed by atoms with van der Waals surface area (Å²) in [6.07, 6.45) is 0.101. The molecule has 0 atom stereocenters. The third-order valence-electron chi connectivity index (χ3n) is 4.68. The molecule has 0 radical (unpaired) electrons. The molecule has 0 saturated heterocycles. The van der Waals surface area contributed by atoms with Gasteiger partial charge < -0.3 is 10.1 Å². The van der Waals surface area contributed by atoms with Gasteiger partial charge in [0.25, 0.3) is 10.0 Å². The van der Waals surface area contributed by atoms with Crippen molar-refractivity contribution >= 4 is 38.2 Å². The molecule has 2 N–H and O–H groups in total. The maximum atomic E-state index is 12.3. The van der Waals surface area contributed by atoms with Crippen LogP contribution in [0.5, 0.6) is 5.75 Å². The summed E-state index contributed by atoms with van der Waals surface area (Å²) in [7, 11) is -1.97. The van der Waals surface area contributed by atoms with Crippen LogP contribution in [0, 0.1) is 6.92 Å². The number of carbonyl (C=O) groups excluding carboxylic acids is 1. The number of methoxy groups -OCH3 is 1. The van der Waals surface area contributed by atoms with Gasteiger partial charge in [0, 0.05) is 22.4 Å². The van der Waals surface area contributed by atoms with Crippen molar-refractivity contribution in [2.75, 3.05) is 19.0 Å². The van der Waals surface area contributed by atoms with Crippen molar-refractivity contribution in [3.05, 3.63) is 59.0 Å². The van der Waals surface area contributed by atoms with E-state index in [2.05, 4.69) is 20.0 Å². The van der Waals surface area contributed by atoms with Gasteiger partial charge in [-0.1, -0.05) is 12.1 Å². The van der Waals surface area contributed by atoms with Gasteiger partial charge in [0.2, 0.25) is 5.91 Å². The predicted octanol–water partition coefficient (Wildman–Crippen LogP) is 3.19. The first-order valence-corrected chi connectivity index (χ1v) is 11.8. The monoisotopic (exact) mass is 456 g/mol. The van der Waals surface area contributed by atoms with Crippen LogP contribution >= 0.6 is 11.3 Å². The summed E-state index contributed by atoms with van der Waals surface area (Å²) < 4.78 is 31.8. The second kappa shape index (κ2) is 8.48. The zero-order chi connectivity index (χ0) is 22.0. The summed E-state index contributed by atoms with van der Waals surface area (Å²) >= 11 is 1.39. The average molecular weight is 457 g/mol. The van der Waals surface area contributed by atoms with Crippen LogP contribution in [0.2, 0.25) is 0 Å². The van der Waals surface area contributed by atoms with Gasteiger partial charge in [-0.3, -0.25) is 14.5 Å². The molecule has 2 aromatic carbocycles. The lowest BCUT2D eigenvalue weighted by Crippen LogP contribution is -2.23. The maximum Gasteiger partial charge on any atom is 0.263 e. The highest BCUT2D eigenvalue weighted by atomic mass is 32.2. The Hall–Kier alpha value is -3.24. The Balaban J connectivity index is 1.39. The van der Waals surface area contributed by atoms with Crippen LogP contribution in [-0.4, -0.2) is 38.8 Å². The van der Waals surface area contributed by atoms with Crippen molar-refractivity contribution < 1.29 is 17.9 Å². The third-order valence-corrected chi connectivity index (χ3v) is 6.96. The predicted molar refractivity (Wildman–Crippen MR) is 120 cm³/mol. The number of fused-ring (bicyclic) bond motifs is 1. The van der Waals surface area contributed by atoms with E-state index in [1.807, 2.05) is 31.2 Å². The van der Waals surface area contributed by atoms with Gasteiger partial charge >= 0.3 is 0 Å². The molecule has 0 fully saturated rings. The van der Waals surface area contributed by atoms with E-state index < -0.39 is 10.0 Å². The normalized spacial score (nSPS) is 15.4. The van der Waals surface area contributed by atoms with E-state index in [1.54, 1.807) is 25.3 Å². The highest BCUT2D eigenvalue weighted by molar-refractivity contribution is 7.90. The summed E-state index contributed by atoms with van der Waals surface area (Å²) in [6.45, 7) is 2.09. The fraction of sp³-hybridized carbons (Fsp3) is 0.190. The summed E-state index contributed by atoms with van der Waals surface area (Å²) in [5.74, 6) is 0.780. The number of nitrogens with one attached hydrogen (secondary N) is 2. The number of ether oxygens (including phenoxy) is 1. The van der Waals surface area contributed by atoms with Crippen LogP contribution in [0.15, 0.2) is 58.4 Å². The topological polar surface area (TPSA) is 110 Å². The molecular weight excluding hydrogens is 436 g/mol. The molecule has 8 nitrogen and oxygen atoms in total. The van der Waals surface area contributed by atoms with Crippen molar-refractivity contribution in [1.82, 2.24) is 9.71 Å². The zero-order valence-corrected chi connectivity index (χ0v) is 18.5. The molecule has 0 aliphatic carbocycles. The number of sulfonamides is 1. The largest absolute Gasteiger partial charge is 0.497 e. The number of aliphatic imine (C=N–C) groups is 1. The number of nitrogens with zero attached hydrogens (tertiary/aromatic N) is 2. The second-order valence-electron chi connectivity index (χ2n) is 6.78. The summed E-state index contributed by atoms with van der Waals surface area (Å²) in [5.41, 5.74) is 2.26. The quantitative estimate of drug-likeness (QED) is 0.592. The Labute approximate surface area is 184 Å². The van der Waals surface area contributed by atoms with Crippen molar-refractivity contribution in [3.8, 4) is 17.0 Å². The van der Waals surface area contributed by atoms with E-state index in [9.17, 15) is 13.2 Å². The van der Waals surface area contributed by atoms with Gasteiger partial charge in [0.1, 0.15) is 11.6 Å². The molecule has 1 aliphatic heterocycles. The fourth-order valence-corrected chi connectivity index (χ4v) is 5.27. The van der Waals surface area contributed by atoms with Crippen LogP contribution in [0.4, 0.5) is 5.13 Å². The van der Waals surface area contributed by atoms with Gasteiger partial charge in [0.15, 0.2) is 5.13 Å². The lowest BCUT2D eigenvalue weighted by atomic mass is 10.1. The smallest absolute Gasteiger partial charge is 0.263 e.